The van der Waals surface area contributed by atoms with Gasteiger partial charge < -0.3 is 15.2 Å². The van der Waals surface area contributed by atoms with Crippen molar-refractivity contribution < 1.29 is 9.47 Å². The third kappa shape index (κ3) is 3.55. The Kier molecular flexibility index (Phi) is 6.09. The van der Waals surface area contributed by atoms with Crippen LogP contribution in [-0.4, -0.2) is 37.2 Å². The first-order valence-electron chi connectivity index (χ1n) is 8.40. The first kappa shape index (κ1) is 17.1. The minimum absolute atomic E-state index is 0.231. The standard InChI is InChI=1S/C18H30N2O2/c1-5-22-17-10-9-15(11-18(17)21-4)16(12-19)20-13(2)7-6-8-14(20)3/h9-11,13-14,16H,5-8,12,19H2,1-4H3. The van der Waals surface area contributed by atoms with E-state index in [9.17, 15) is 0 Å². The summed E-state index contributed by atoms with van der Waals surface area (Å²) >= 11 is 0. The van der Waals surface area contributed by atoms with Crippen LogP contribution in [0.1, 0.15) is 51.6 Å². The van der Waals surface area contributed by atoms with Gasteiger partial charge in [-0.25, -0.2) is 0 Å². The molecule has 1 aromatic rings. The topological polar surface area (TPSA) is 47.7 Å². The van der Waals surface area contributed by atoms with Gasteiger partial charge in [0, 0.05) is 24.7 Å². The van der Waals surface area contributed by atoms with Crippen molar-refractivity contribution in [3.63, 3.8) is 0 Å². The number of methoxy groups -OCH3 is 1. The van der Waals surface area contributed by atoms with E-state index in [1.165, 1.54) is 24.8 Å². The summed E-state index contributed by atoms with van der Waals surface area (Å²) in [7, 11) is 1.69. The molecule has 0 radical (unpaired) electrons. The van der Waals surface area contributed by atoms with Crippen LogP contribution >= 0.6 is 0 Å². The lowest BCUT2D eigenvalue weighted by Crippen LogP contribution is -2.48. The van der Waals surface area contributed by atoms with Crippen molar-refractivity contribution in [1.29, 1.82) is 0 Å². The monoisotopic (exact) mass is 306 g/mol. The second-order valence-corrected chi connectivity index (χ2v) is 6.17. The smallest absolute Gasteiger partial charge is 0.161 e. The van der Waals surface area contributed by atoms with E-state index in [1.807, 2.05) is 13.0 Å². The Morgan fingerprint density at radius 2 is 1.91 bits per heavy atom. The minimum atomic E-state index is 0.231. The summed E-state index contributed by atoms with van der Waals surface area (Å²) in [6.07, 6.45) is 3.80. The van der Waals surface area contributed by atoms with Crippen LogP contribution in [0.3, 0.4) is 0 Å². The van der Waals surface area contributed by atoms with E-state index < -0.39 is 0 Å². The van der Waals surface area contributed by atoms with Gasteiger partial charge in [-0.3, -0.25) is 4.90 Å². The van der Waals surface area contributed by atoms with Gasteiger partial charge in [-0.2, -0.15) is 0 Å². The SMILES string of the molecule is CCOc1ccc(C(CN)N2C(C)CCCC2C)cc1OC. The van der Waals surface area contributed by atoms with Crippen LogP contribution < -0.4 is 15.2 Å². The van der Waals surface area contributed by atoms with Crippen molar-refractivity contribution in [2.75, 3.05) is 20.3 Å². The first-order chi connectivity index (χ1) is 10.6. The van der Waals surface area contributed by atoms with Crippen LogP contribution in [0.4, 0.5) is 0 Å². The number of nitrogens with two attached hydrogens (primary N) is 1. The summed E-state index contributed by atoms with van der Waals surface area (Å²) < 4.78 is 11.1. The molecule has 1 aromatic carbocycles. The number of hydrogen-bond acceptors (Lipinski definition) is 4. The molecule has 0 amide bonds. The van der Waals surface area contributed by atoms with Crippen LogP contribution in [-0.2, 0) is 0 Å². The largest absolute Gasteiger partial charge is 0.493 e. The molecular weight excluding hydrogens is 276 g/mol. The molecule has 0 bridgehead atoms. The van der Waals surface area contributed by atoms with Gasteiger partial charge in [0.25, 0.3) is 0 Å². The van der Waals surface area contributed by atoms with Crippen molar-refractivity contribution in [3.05, 3.63) is 23.8 Å². The molecule has 0 aromatic heterocycles. The Morgan fingerprint density at radius 3 is 2.45 bits per heavy atom. The number of hydrogen-bond donors (Lipinski definition) is 1. The van der Waals surface area contributed by atoms with Gasteiger partial charge in [-0.05, 0) is 51.3 Å². The van der Waals surface area contributed by atoms with Gasteiger partial charge in [0.2, 0.25) is 0 Å². The molecule has 3 atom stereocenters. The van der Waals surface area contributed by atoms with Crippen LogP contribution in [0.5, 0.6) is 11.5 Å². The summed E-state index contributed by atoms with van der Waals surface area (Å²) in [5.41, 5.74) is 7.35. The Morgan fingerprint density at radius 1 is 1.23 bits per heavy atom. The summed E-state index contributed by atoms with van der Waals surface area (Å²) in [5.74, 6) is 1.58. The highest BCUT2D eigenvalue weighted by Crippen LogP contribution is 2.36. The maximum atomic E-state index is 6.13. The quantitative estimate of drug-likeness (QED) is 0.875. The molecule has 4 heteroatoms. The number of piperidine rings is 1. The van der Waals surface area contributed by atoms with Crippen molar-refractivity contribution in [3.8, 4) is 11.5 Å². The molecule has 1 aliphatic rings. The summed E-state index contributed by atoms with van der Waals surface area (Å²) in [6.45, 7) is 7.85. The predicted octanol–water partition coefficient (Wildman–Crippen LogP) is 3.36. The second kappa shape index (κ2) is 7.84. The van der Waals surface area contributed by atoms with Crippen LogP contribution in [0.15, 0.2) is 18.2 Å². The highest BCUT2D eigenvalue weighted by atomic mass is 16.5. The van der Waals surface area contributed by atoms with E-state index >= 15 is 0 Å². The van der Waals surface area contributed by atoms with Gasteiger partial charge in [-0.1, -0.05) is 12.5 Å². The van der Waals surface area contributed by atoms with Crippen LogP contribution in [0, 0.1) is 0 Å². The molecule has 0 aliphatic carbocycles. The van der Waals surface area contributed by atoms with E-state index in [0.717, 1.165) is 11.5 Å². The molecule has 3 unspecified atom stereocenters. The number of nitrogens with zero attached hydrogens (tertiary/aromatic N) is 1. The molecule has 2 rings (SSSR count). The fraction of sp³-hybridized carbons (Fsp3) is 0.667. The zero-order valence-electron chi connectivity index (χ0n) is 14.3. The summed E-state index contributed by atoms with van der Waals surface area (Å²) in [4.78, 5) is 2.57. The zero-order valence-corrected chi connectivity index (χ0v) is 14.3. The Hall–Kier alpha value is -1.26. The second-order valence-electron chi connectivity index (χ2n) is 6.17. The molecule has 1 fully saturated rings. The van der Waals surface area contributed by atoms with E-state index in [2.05, 4.69) is 30.9 Å². The average molecular weight is 306 g/mol. The maximum Gasteiger partial charge on any atom is 0.161 e. The maximum absolute atomic E-state index is 6.13. The highest BCUT2D eigenvalue weighted by molar-refractivity contribution is 5.44. The molecule has 0 spiro atoms. The Bertz CT molecular complexity index is 468. The Labute approximate surface area is 134 Å². The third-order valence-corrected chi connectivity index (χ3v) is 4.72. The highest BCUT2D eigenvalue weighted by Gasteiger charge is 2.31. The van der Waals surface area contributed by atoms with E-state index in [4.69, 9.17) is 15.2 Å². The van der Waals surface area contributed by atoms with Crippen molar-refractivity contribution >= 4 is 0 Å². The normalized spacial score (nSPS) is 24.0. The van der Waals surface area contributed by atoms with Gasteiger partial charge in [-0.15, -0.1) is 0 Å². The van der Waals surface area contributed by atoms with Gasteiger partial charge in [0.05, 0.1) is 13.7 Å². The lowest BCUT2D eigenvalue weighted by molar-refractivity contribution is 0.0576. The zero-order chi connectivity index (χ0) is 16.1. The lowest BCUT2D eigenvalue weighted by atomic mass is 9.92. The molecule has 1 saturated heterocycles. The molecule has 4 nitrogen and oxygen atoms in total. The van der Waals surface area contributed by atoms with Crippen molar-refractivity contribution in [2.24, 2.45) is 5.73 Å². The van der Waals surface area contributed by atoms with E-state index in [-0.39, 0.29) is 6.04 Å². The van der Waals surface area contributed by atoms with E-state index in [1.54, 1.807) is 7.11 Å². The molecule has 124 valence electrons. The van der Waals surface area contributed by atoms with Crippen LogP contribution in [0.25, 0.3) is 0 Å². The van der Waals surface area contributed by atoms with Crippen molar-refractivity contribution in [2.45, 2.75) is 58.2 Å². The fourth-order valence-corrected chi connectivity index (χ4v) is 3.65. The third-order valence-electron chi connectivity index (χ3n) is 4.72. The van der Waals surface area contributed by atoms with Crippen molar-refractivity contribution in [1.82, 2.24) is 4.90 Å². The molecule has 2 N–H and O–H groups in total. The molecule has 22 heavy (non-hydrogen) atoms. The molecular formula is C18H30N2O2. The number of likely N-dealkylation sites (tertiary alicyclic amines) is 1. The average Bonchev–Trinajstić information content (AvgIpc) is 2.52. The van der Waals surface area contributed by atoms with E-state index in [0.29, 0.717) is 25.2 Å². The molecule has 1 aliphatic heterocycles. The lowest BCUT2D eigenvalue weighted by Gasteiger charge is -2.44. The predicted molar refractivity (Wildman–Crippen MR) is 90.6 cm³/mol. The summed E-state index contributed by atoms with van der Waals surface area (Å²) in [5, 5.41) is 0. The Balaban J connectivity index is 2.30. The minimum Gasteiger partial charge on any atom is -0.493 e. The number of rotatable bonds is 6. The van der Waals surface area contributed by atoms with Crippen LogP contribution in [0.2, 0.25) is 0 Å². The molecule has 1 heterocycles. The van der Waals surface area contributed by atoms with Gasteiger partial charge >= 0.3 is 0 Å². The molecule has 0 saturated carbocycles. The number of benzene rings is 1. The van der Waals surface area contributed by atoms with Gasteiger partial charge in [0.1, 0.15) is 0 Å². The van der Waals surface area contributed by atoms with Gasteiger partial charge in [0.15, 0.2) is 11.5 Å². The fourth-order valence-electron chi connectivity index (χ4n) is 3.65. The summed E-state index contributed by atoms with van der Waals surface area (Å²) in [6, 6.07) is 7.56. The first-order valence-corrected chi connectivity index (χ1v) is 8.40. The number of ether oxygens (including phenoxy) is 2.